The second-order valence-corrected chi connectivity index (χ2v) is 6.06. The average molecular weight is 295 g/mol. The number of hydrogen-bond acceptors (Lipinski definition) is 4. The van der Waals surface area contributed by atoms with Gasteiger partial charge in [-0.2, -0.15) is 0 Å². The molecule has 0 aliphatic rings. The first-order valence-electron chi connectivity index (χ1n) is 5.34. The highest BCUT2D eigenvalue weighted by atomic mass is 32.2. The van der Waals surface area contributed by atoms with Gasteiger partial charge in [-0.3, -0.25) is 0 Å². The van der Waals surface area contributed by atoms with Crippen molar-refractivity contribution in [3.8, 4) is 0 Å². The molecule has 1 unspecified atom stereocenters. The first-order valence-corrected chi connectivity index (χ1v) is 6.82. The van der Waals surface area contributed by atoms with Gasteiger partial charge >= 0.3 is 0 Å². The summed E-state index contributed by atoms with van der Waals surface area (Å²) in [6, 6.07) is 2.13. The molecule has 0 fully saturated rings. The fourth-order valence-electron chi connectivity index (χ4n) is 1.38. The molecule has 0 aromatic heterocycles. The lowest BCUT2D eigenvalue weighted by molar-refractivity contribution is -0.0120. The fourth-order valence-corrected chi connectivity index (χ4v) is 2.60. The van der Waals surface area contributed by atoms with Crippen LogP contribution in [-0.2, 0) is 14.8 Å². The van der Waals surface area contributed by atoms with E-state index in [0.717, 1.165) is 12.1 Å². The first kappa shape index (κ1) is 16.0. The quantitative estimate of drug-likeness (QED) is 0.807. The molecule has 0 bridgehead atoms. The first-order chi connectivity index (χ1) is 8.68. The van der Waals surface area contributed by atoms with Crippen LogP contribution in [0.25, 0.3) is 0 Å². The molecular formula is C11H15F2NO4S. The highest BCUT2D eigenvalue weighted by molar-refractivity contribution is 7.89. The van der Waals surface area contributed by atoms with E-state index in [1.807, 2.05) is 4.72 Å². The SMILES string of the molecule is COCC(C)(O)CNS(=O)(=O)c1ccc(F)cc1F. The van der Waals surface area contributed by atoms with Crippen molar-refractivity contribution in [2.45, 2.75) is 17.4 Å². The molecule has 5 nitrogen and oxygen atoms in total. The van der Waals surface area contributed by atoms with Gasteiger partial charge < -0.3 is 9.84 Å². The van der Waals surface area contributed by atoms with Crippen LogP contribution in [0.3, 0.4) is 0 Å². The number of halogens is 2. The minimum absolute atomic E-state index is 0.0958. The van der Waals surface area contributed by atoms with Crippen LogP contribution in [0.15, 0.2) is 23.1 Å². The smallest absolute Gasteiger partial charge is 0.243 e. The Morgan fingerprint density at radius 1 is 1.42 bits per heavy atom. The van der Waals surface area contributed by atoms with E-state index in [9.17, 15) is 22.3 Å². The van der Waals surface area contributed by atoms with E-state index in [-0.39, 0.29) is 13.2 Å². The second-order valence-electron chi connectivity index (χ2n) is 4.33. The summed E-state index contributed by atoms with van der Waals surface area (Å²) in [6.07, 6.45) is 0. The highest BCUT2D eigenvalue weighted by Crippen LogP contribution is 2.15. The fraction of sp³-hybridized carbons (Fsp3) is 0.455. The molecule has 0 aliphatic heterocycles. The van der Waals surface area contributed by atoms with Crippen LogP contribution in [0, 0.1) is 11.6 Å². The maximum Gasteiger partial charge on any atom is 0.243 e. The van der Waals surface area contributed by atoms with E-state index < -0.39 is 32.2 Å². The summed E-state index contributed by atoms with van der Waals surface area (Å²) >= 11 is 0. The Labute approximate surface area is 110 Å². The van der Waals surface area contributed by atoms with Gasteiger partial charge in [-0.25, -0.2) is 21.9 Å². The average Bonchev–Trinajstić information content (AvgIpc) is 2.26. The molecule has 1 aromatic rings. The lowest BCUT2D eigenvalue weighted by atomic mass is 10.1. The third-order valence-corrected chi connectivity index (χ3v) is 3.72. The van der Waals surface area contributed by atoms with Crippen LogP contribution in [0.4, 0.5) is 8.78 Å². The Balaban J connectivity index is 2.87. The molecule has 108 valence electrons. The van der Waals surface area contributed by atoms with Crippen molar-refractivity contribution in [2.24, 2.45) is 0 Å². The van der Waals surface area contributed by atoms with Crippen molar-refractivity contribution in [2.75, 3.05) is 20.3 Å². The van der Waals surface area contributed by atoms with Gasteiger partial charge in [0.15, 0.2) is 0 Å². The minimum Gasteiger partial charge on any atom is -0.386 e. The molecule has 0 spiro atoms. The van der Waals surface area contributed by atoms with Gasteiger partial charge in [0.2, 0.25) is 10.0 Å². The normalized spacial score (nSPS) is 15.2. The summed E-state index contributed by atoms with van der Waals surface area (Å²) < 4.78 is 56.4. The molecular weight excluding hydrogens is 280 g/mol. The Morgan fingerprint density at radius 3 is 2.58 bits per heavy atom. The van der Waals surface area contributed by atoms with E-state index in [1.54, 1.807) is 0 Å². The maximum atomic E-state index is 13.4. The Hall–Kier alpha value is -1.09. The number of methoxy groups -OCH3 is 1. The molecule has 1 atom stereocenters. The van der Waals surface area contributed by atoms with Crippen molar-refractivity contribution >= 4 is 10.0 Å². The van der Waals surface area contributed by atoms with Crippen molar-refractivity contribution < 1.29 is 27.0 Å². The molecule has 0 aliphatic carbocycles. The van der Waals surface area contributed by atoms with Crippen LogP contribution in [0.5, 0.6) is 0 Å². The number of benzene rings is 1. The summed E-state index contributed by atoms with van der Waals surface area (Å²) in [5.41, 5.74) is -1.43. The van der Waals surface area contributed by atoms with Crippen molar-refractivity contribution in [3.63, 3.8) is 0 Å². The third kappa shape index (κ3) is 4.50. The van der Waals surface area contributed by atoms with E-state index in [4.69, 9.17) is 4.74 Å². The summed E-state index contributed by atoms with van der Waals surface area (Å²) in [7, 11) is -2.82. The molecule has 1 rings (SSSR count). The zero-order valence-corrected chi connectivity index (χ0v) is 11.3. The van der Waals surface area contributed by atoms with Crippen LogP contribution in [0.1, 0.15) is 6.92 Å². The number of ether oxygens (including phenoxy) is 1. The van der Waals surface area contributed by atoms with E-state index in [2.05, 4.69) is 0 Å². The molecule has 19 heavy (non-hydrogen) atoms. The second kappa shape index (κ2) is 5.91. The van der Waals surface area contributed by atoms with Crippen molar-refractivity contribution in [1.82, 2.24) is 4.72 Å². The number of sulfonamides is 1. The lowest BCUT2D eigenvalue weighted by Gasteiger charge is -2.22. The maximum absolute atomic E-state index is 13.4. The summed E-state index contributed by atoms with van der Waals surface area (Å²) in [6.45, 7) is 0.904. The number of rotatable bonds is 6. The molecule has 0 saturated carbocycles. The number of nitrogens with one attached hydrogen (secondary N) is 1. The molecule has 0 radical (unpaired) electrons. The third-order valence-electron chi connectivity index (χ3n) is 2.28. The predicted molar refractivity (Wildman–Crippen MR) is 64.0 cm³/mol. The predicted octanol–water partition coefficient (Wildman–Crippen LogP) is 0.641. The standard InChI is InChI=1S/C11H15F2NO4S/c1-11(15,7-18-2)6-14-19(16,17)10-4-3-8(12)5-9(10)13/h3-5,14-15H,6-7H2,1-2H3. The zero-order valence-electron chi connectivity index (χ0n) is 10.5. The van der Waals surface area contributed by atoms with Gasteiger partial charge in [-0.1, -0.05) is 0 Å². The topological polar surface area (TPSA) is 75.6 Å². The Bertz CT molecular complexity index is 546. The van der Waals surface area contributed by atoms with E-state index in [0.29, 0.717) is 6.07 Å². The molecule has 0 amide bonds. The van der Waals surface area contributed by atoms with Gasteiger partial charge in [-0.15, -0.1) is 0 Å². The lowest BCUT2D eigenvalue weighted by Crippen LogP contribution is -2.43. The van der Waals surface area contributed by atoms with Crippen molar-refractivity contribution in [3.05, 3.63) is 29.8 Å². The molecule has 2 N–H and O–H groups in total. The van der Waals surface area contributed by atoms with Crippen LogP contribution < -0.4 is 4.72 Å². The number of hydrogen-bond donors (Lipinski definition) is 2. The van der Waals surface area contributed by atoms with E-state index in [1.165, 1.54) is 14.0 Å². The van der Waals surface area contributed by atoms with E-state index >= 15 is 0 Å². The Morgan fingerprint density at radius 2 is 2.05 bits per heavy atom. The minimum atomic E-state index is -4.17. The monoisotopic (exact) mass is 295 g/mol. The summed E-state index contributed by atoms with van der Waals surface area (Å²) in [4.78, 5) is -0.679. The molecule has 0 heterocycles. The molecule has 1 aromatic carbocycles. The highest BCUT2D eigenvalue weighted by Gasteiger charge is 2.26. The summed E-state index contributed by atoms with van der Waals surface area (Å²) in [5.74, 6) is -2.07. The largest absolute Gasteiger partial charge is 0.386 e. The van der Waals surface area contributed by atoms with Gasteiger partial charge in [0.25, 0.3) is 0 Å². The van der Waals surface area contributed by atoms with Gasteiger partial charge in [0.1, 0.15) is 16.5 Å². The van der Waals surface area contributed by atoms with Crippen molar-refractivity contribution in [1.29, 1.82) is 0 Å². The molecule has 8 heteroatoms. The zero-order chi connectivity index (χ0) is 14.7. The van der Waals surface area contributed by atoms with Gasteiger partial charge in [-0.05, 0) is 19.1 Å². The van der Waals surface area contributed by atoms with Crippen LogP contribution in [-0.4, -0.2) is 39.4 Å². The van der Waals surface area contributed by atoms with Crippen LogP contribution >= 0.6 is 0 Å². The summed E-state index contributed by atoms with van der Waals surface area (Å²) in [5, 5.41) is 9.73. The molecule has 0 saturated heterocycles. The van der Waals surface area contributed by atoms with Gasteiger partial charge in [0, 0.05) is 19.7 Å². The van der Waals surface area contributed by atoms with Gasteiger partial charge in [0.05, 0.1) is 12.2 Å². The van der Waals surface area contributed by atoms with Crippen LogP contribution in [0.2, 0.25) is 0 Å². The number of aliphatic hydroxyl groups is 1. The Kier molecular flexibility index (Phi) is 4.97.